The average Bonchev–Trinajstić information content (AvgIpc) is 2.19. The van der Waals surface area contributed by atoms with Crippen LogP contribution < -0.4 is 0 Å². The lowest BCUT2D eigenvalue weighted by Gasteiger charge is -2.25. The van der Waals surface area contributed by atoms with Gasteiger partial charge in [-0.25, -0.2) is 0 Å². The maximum atomic E-state index is 10.7. The molecule has 0 amide bonds. The van der Waals surface area contributed by atoms with E-state index in [0.29, 0.717) is 0 Å². The Kier molecular flexibility index (Phi) is 4.88. The number of rotatable bonds is 4. The Labute approximate surface area is 114 Å². The van der Waals surface area contributed by atoms with Crippen molar-refractivity contribution in [1.82, 2.24) is 0 Å². The van der Waals surface area contributed by atoms with E-state index in [4.69, 9.17) is 0 Å². The Bertz CT molecular complexity index is 410. The zero-order valence-electron chi connectivity index (χ0n) is 10.1. The molecule has 0 aliphatic heterocycles. The molecule has 0 saturated carbocycles. The van der Waals surface area contributed by atoms with E-state index in [0.717, 1.165) is 9.13 Å². The number of nitro benzene ring substituents is 1. The quantitative estimate of drug-likeness (QED) is 0.515. The van der Waals surface area contributed by atoms with Crippen LogP contribution in [-0.4, -0.2) is 16.1 Å². The van der Waals surface area contributed by atoms with Crippen molar-refractivity contribution < 1.29 is 10.0 Å². The van der Waals surface area contributed by atoms with Gasteiger partial charge in [0.15, 0.2) is 0 Å². The van der Waals surface area contributed by atoms with Gasteiger partial charge in [-0.1, -0.05) is 19.9 Å². The van der Waals surface area contributed by atoms with Crippen LogP contribution in [-0.2, 0) is 0 Å². The first kappa shape index (κ1) is 14.4. The van der Waals surface area contributed by atoms with Crippen LogP contribution in [0.4, 0.5) is 5.69 Å². The van der Waals surface area contributed by atoms with Gasteiger partial charge in [0.05, 0.1) is 11.0 Å². The fourth-order valence-corrected chi connectivity index (χ4v) is 2.93. The highest BCUT2D eigenvalue weighted by Gasteiger charge is 2.24. The van der Waals surface area contributed by atoms with Crippen molar-refractivity contribution in [3.63, 3.8) is 0 Å². The molecule has 0 radical (unpaired) electrons. The van der Waals surface area contributed by atoms with Crippen molar-refractivity contribution in [3.8, 4) is 0 Å². The van der Waals surface area contributed by atoms with Gasteiger partial charge in [0.1, 0.15) is 0 Å². The molecule has 0 aliphatic carbocycles. The molecule has 0 aromatic heterocycles. The van der Waals surface area contributed by atoms with Crippen molar-refractivity contribution >= 4 is 28.3 Å². The minimum absolute atomic E-state index is 0.00250. The van der Waals surface area contributed by atoms with E-state index in [-0.39, 0.29) is 17.5 Å². The van der Waals surface area contributed by atoms with Gasteiger partial charge >= 0.3 is 0 Å². The van der Waals surface area contributed by atoms with Crippen LogP contribution in [0.5, 0.6) is 0 Å². The Balaban J connectivity index is 3.18. The lowest BCUT2D eigenvalue weighted by molar-refractivity contribution is -0.385. The molecule has 0 bridgehead atoms. The number of nitro groups is 1. The summed E-state index contributed by atoms with van der Waals surface area (Å²) in [7, 11) is 0. The highest BCUT2D eigenvalue weighted by atomic mass is 127. The van der Waals surface area contributed by atoms with E-state index in [1.165, 1.54) is 6.07 Å². The third kappa shape index (κ3) is 3.38. The summed E-state index contributed by atoms with van der Waals surface area (Å²) >= 11 is 2.09. The summed E-state index contributed by atoms with van der Waals surface area (Å²) in [6.45, 7) is 5.83. The van der Waals surface area contributed by atoms with Crippen molar-refractivity contribution in [1.29, 1.82) is 0 Å². The summed E-state index contributed by atoms with van der Waals surface area (Å²) in [6, 6.07) is 4.79. The molecule has 1 aromatic carbocycles. The molecule has 0 spiro atoms. The molecule has 17 heavy (non-hydrogen) atoms. The molecule has 2 atom stereocenters. The molecule has 0 heterocycles. The van der Waals surface area contributed by atoms with Crippen molar-refractivity contribution in [2.45, 2.75) is 32.8 Å². The highest BCUT2D eigenvalue weighted by Crippen LogP contribution is 2.33. The predicted octanol–water partition coefficient (Wildman–Crippen LogP) is 3.32. The molecular weight excluding hydrogens is 333 g/mol. The molecule has 4 nitrogen and oxygen atoms in total. The molecule has 1 N–H and O–H groups in total. The van der Waals surface area contributed by atoms with Gasteiger partial charge in [-0.05, 0) is 41.0 Å². The van der Waals surface area contributed by atoms with Crippen LogP contribution in [0.3, 0.4) is 0 Å². The van der Waals surface area contributed by atoms with E-state index in [1.807, 2.05) is 13.8 Å². The molecule has 0 fully saturated rings. The normalized spacial score (nSPS) is 14.7. The highest BCUT2D eigenvalue weighted by molar-refractivity contribution is 14.1. The van der Waals surface area contributed by atoms with Crippen LogP contribution in [0, 0.1) is 19.6 Å². The molecule has 94 valence electrons. The SMILES string of the molecule is CC(C)C(c1ccc([N+](=O)[O-])cc1I)C(C)O. The molecule has 1 rings (SSSR count). The lowest BCUT2D eigenvalue weighted by atomic mass is 9.84. The molecule has 0 aliphatic rings. The number of non-ortho nitro benzene ring substituents is 1. The van der Waals surface area contributed by atoms with Crippen LogP contribution in [0.15, 0.2) is 18.2 Å². The summed E-state index contributed by atoms with van der Waals surface area (Å²) in [4.78, 5) is 10.3. The second-order valence-corrected chi connectivity index (χ2v) is 5.64. The van der Waals surface area contributed by atoms with Gasteiger partial charge in [-0.3, -0.25) is 10.1 Å². The standard InChI is InChI=1S/C12H16INO3/c1-7(2)12(8(3)15)10-5-4-9(14(16)17)6-11(10)13/h4-8,12,15H,1-3H3. The molecular formula is C12H16INO3. The Hall–Kier alpha value is -0.690. The second kappa shape index (κ2) is 5.77. The van der Waals surface area contributed by atoms with Crippen molar-refractivity contribution in [2.24, 2.45) is 5.92 Å². The maximum absolute atomic E-state index is 10.7. The van der Waals surface area contributed by atoms with E-state index in [9.17, 15) is 15.2 Å². The fourth-order valence-electron chi connectivity index (χ4n) is 2.08. The molecule has 1 aromatic rings. The minimum atomic E-state index is -0.468. The van der Waals surface area contributed by atoms with Gasteiger partial charge in [0.2, 0.25) is 0 Å². The molecule has 5 heteroatoms. The third-order valence-electron chi connectivity index (χ3n) is 2.79. The maximum Gasteiger partial charge on any atom is 0.270 e. The van der Waals surface area contributed by atoms with Gasteiger partial charge in [0.25, 0.3) is 5.69 Å². The zero-order valence-corrected chi connectivity index (χ0v) is 12.2. The number of aliphatic hydroxyl groups excluding tert-OH is 1. The zero-order chi connectivity index (χ0) is 13.2. The summed E-state index contributed by atoms with van der Waals surface area (Å²) in [5.74, 6) is 0.285. The lowest BCUT2D eigenvalue weighted by Crippen LogP contribution is -2.21. The number of nitrogens with zero attached hydrogens (tertiary/aromatic N) is 1. The number of hydrogen-bond donors (Lipinski definition) is 1. The van der Waals surface area contributed by atoms with E-state index >= 15 is 0 Å². The number of hydrogen-bond acceptors (Lipinski definition) is 3. The smallest absolute Gasteiger partial charge is 0.270 e. The fraction of sp³-hybridized carbons (Fsp3) is 0.500. The van der Waals surface area contributed by atoms with Crippen molar-refractivity contribution in [2.75, 3.05) is 0 Å². The first-order valence-electron chi connectivity index (χ1n) is 5.46. The summed E-state index contributed by atoms with van der Waals surface area (Å²) in [5, 5.41) is 20.5. The Morgan fingerprint density at radius 2 is 1.94 bits per heavy atom. The summed E-state index contributed by atoms with van der Waals surface area (Å²) < 4.78 is 0.830. The van der Waals surface area contributed by atoms with E-state index < -0.39 is 11.0 Å². The van der Waals surface area contributed by atoms with Gasteiger partial charge < -0.3 is 5.11 Å². The minimum Gasteiger partial charge on any atom is -0.393 e. The predicted molar refractivity (Wildman–Crippen MR) is 75.1 cm³/mol. The van der Waals surface area contributed by atoms with Crippen LogP contribution in [0.1, 0.15) is 32.3 Å². The monoisotopic (exact) mass is 349 g/mol. The first-order valence-corrected chi connectivity index (χ1v) is 6.54. The Morgan fingerprint density at radius 3 is 2.29 bits per heavy atom. The number of halogens is 1. The van der Waals surface area contributed by atoms with Gasteiger partial charge in [-0.2, -0.15) is 0 Å². The number of aliphatic hydroxyl groups is 1. The third-order valence-corrected chi connectivity index (χ3v) is 3.73. The van der Waals surface area contributed by atoms with E-state index in [2.05, 4.69) is 22.6 Å². The average molecular weight is 349 g/mol. The van der Waals surface area contributed by atoms with Crippen LogP contribution in [0.2, 0.25) is 0 Å². The van der Waals surface area contributed by atoms with Crippen LogP contribution in [0.25, 0.3) is 0 Å². The largest absolute Gasteiger partial charge is 0.393 e. The van der Waals surface area contributed by atoms with Crippen molar-refractivity contribution in [3.05, 3.63) is 37.4 Å². The van der Waals surface area contributed by atoms with Gasteiger partial charge in [-0.15, -0.1) is 0 Å². The topological polar surface area (TPSA) is 63.4 Å². The van der Waals surface area contributed by atoms with Gasteiger partial charge in [0, 0.05) is 21.6 Å². The summed E-state index contributed by atoms with van der Waals surface area (Å²) in [5.41, 5.74) is 1.06. The molecule has 0 saturated heterocycles. The summed E-state index contributed by atoms with van der Waals surface area (Å²) in [6.07, 6.45) is -0.468. The second-order valence-electron chi connectivity index (χ2n) is 4.47. The van der Waals surface area contributed by atoms with E-state index in [1.54, 1.807) is 19.1 Å². The Morgan fingerprint density at radius 1 is 1.35 bits per heavy atom. The number of benzene rings is 1. The first-order chi connectivity index (χ1) is 7.84. The molecule has 2 unspecified atom stereocenters. The van der Waals surface area contributed by atoms with Crippen LogP contribution >= 0.6 is 22.6 Å².